The van der Waals surface area contributed by atoms with Gasteiger partial charge in [-0.05, 0) is 49.9 Å². The van der Waals surface area contributed by atoms with Crippen molar-refractivity contribution < 1.29 is 4.39 Å². The molecule has 1 rings (SSSR count). The van der Waals surface area contributed by atoms with Gasteiger partial charge in [0.2, 0.25) is 0 Å². The molecule has 1 aromatic carbocycles. The number of hydrogen-bond acceptors (Lipinski definition) is 1. The summed E-state index contributed by atoms with van der Waals surface area (Å²) in [6.07, 6.45) is 6.14. The van der Waals surface area contributed by atoms with E-state index in [1.165, 1.54) is 43.4 Å². The minimum Gasteiger partial charge on any atom is -0.314 e. The van der Waals surface area contributed by atoms with E-state index in [2.05, 4.69) is 26.1 Å². The third-order valence-corrected chi connectivity index (χ3v) is 3.75. The molecule has 0 radical (unpaired) electrons. The number of benzene rings is 1. The van der Waals surface area contributed by atoms with E-state index in [4.69, 9.17) is 0 Å². The van der Waals surface area contributed by atoms with Crippen LogP contribution in [-0.2, 0) is 6.42 Å². The first-order valence-electron chi connectivity index (χ1n) is 7.63. The number of rotatable bonds is 9. The Morgan fingerprint density at radius 3 is 2.42 bits per heavy atom. The fourth-order valence-electron chi connectivity index (χ4n) is 2.36. The summed E-state index contributed by atoms with van der Waals surface area (Å²) < 4.78 is 12.8. The Balaban J connectivity index is 2.30. The van der Waals surface area contributed by atoms with E-state index in [1.807, 2.05) is 12.1 Å². The summed E-state index contributed by atoms with van der Waals surface area (Å²) in [5.74, 6) is 0.630. The molecule has 0 amide bonds. The van der Waals surface area contributed by atoms with Crippen LogP contribution in [0.15, 0.2) is 24.3 Å². The summed E-state index contributed by atoms with van der Waals surface area (Å²) in [5.41, 5.74) is 1.20. The maximum Gasteiger partial charge on any atom is 0.123 e. The zero-order valence-corrected chi connectivity index (χ0v) is 12.6. The normalized spacial score (nSPS) is 14.3. The average Bonchev–Trinajstić information content (AvgIpc) is 2.42. The van der Waals surface area contributed by atoms with Crippen LogP contribution in [0.25, 0.3) is 0 Å². The molecule has 2 unspecified atom stereocenters. The Morgan fingerprint density at radius 2 is 1.84 bits per heavy atom. The summed E-state index contributed by atoms with van der Waals surface area (Å²) in [4.78, 5) is 0. The molecule has 0 fully saturated rings. The molecule has 19 heavy (non-hydrogen) atoms. The molecule has 0 aliphatic rings. The molecule has 0 saturated heterocycles. The Bertz CT molecular complexity index is 334. The van der Waals surface area contributed by atoms with Gasteiger partial charge in [0.15, 0.2) is 0 Å². The Kier molecular flexibility index (Phi) is 7.73. The second kappa shape index (κ2) is 9.08. The molecule has 0 heterocycles. The summed E-state index contributed by atoms with van der Waals surface area (Å²) in [6, 6.07) is 7.28. The van der Waals surface area contributed by atoms with Crippen LogP contribution >= 0.6 is 0 Å². The highest BCUT2D eigenvalue weighted by Crippen LogP contribution is 2.12. The highest BCUT2D eigenvalue weighted by Gasteiger charge is 2.08. The Labute approximate surface area is 117 Å². The lowest BCUT2D eigenvalue weighted by molar-refractivity contribution is 0.394. The van der Waals surface area contributed by atoms with Gasteiger partial charge in [0.05, 0.1) is 0 Å². The van der Waals surface area contributed by atoms with Gasteiger partial charge < -0.3 is 5.32 Å². The van der Waals surface area contributed by atoms with Crippen LogP contribution in [0.4, 0.5) is 4.39 Å². The maximum atomic E-state index is 12.8. The minimum absolute atomic E-state index is 0.157. The van der Waals surface area contributed by atoms with Gasteiger partial charge in [-0.3, -0.25) is 0 Å². The predicted molar refractivity (Wildman–Crippen MR) is 80.9 cm³/mol. The first-order chi connectivity index (χ1) is 9.15. The molecular weight excluding hydrogens is 237 g/mol. The van der Waals surface area contributed by atoms with E-state index in [9.17, 15) is 4.39 Å². The van der Waals surface area contributed by atoms with Gasteiger partial charge in [0.1, 0.15) is 5.82 Å². The fourth-order valence-corrected chi connectivity index (χ4v) is 2.36. The van der Waals surface area contributed by atoms with E-state index in [-0.39, 0.29) is 5.82 Å². The topological polar surface area (TPSA) is 12.0 Å². The van der Waals surface area contributed by atoms with Gasteiger partial charge in [-0.15, -0.1) is 0 Å². The SMILES string of the molecule is CCCCC(CC)CNC(C)Cc1ccc(F)cc1. The second-order valence-electron chi connectivity index (χ2n) is 5.56. The molecule has 2 heteroatoms. The molecule has 1 nitrogen and oxygen atoms in total. The molecule has 108 valence electrons. The van der Waals surface area contributed by atoms with Crippen molar-refractivity contribution in [1.82, 2.24) is 5.32 Å². The van der Waals surface area contributed by atoms with Gasteiger partial charge in [-0.2, -0.15) is 0 Å². The molecule has 0 aromatic heterocycles. The van der Waals surface area contributed by atoms with Crippen LogP contribution in [0.1, 0.15) is 52.0 Å². The van der Waals surface area contributed by atoms with Crippen molar-refractivity contribution in [2.75, 3.05) is 6.54 Å². The molecule has 0 bridgehead atoms. The van der Waals surface area contributed by atoms with Crippen molar-refractivity contribution in [3.63, 3.8) is 0 Å². The lowest BCUT2D eigenvalue weighted by Crippen LogP contribution is -2.32. The van der Waals surface area contributed by atoms with E-state index >= 15 is 0 Å². The van der Waals surface area contributed by atoms with Gasteiger partial charge in [0, 0.05) is 6.04 Å². The van der Waals surface area contributed by atoms with Crippen LogP contribution in [0.5, 0.6) is 0 Å². The quantitative estimate of drug-likeness (QED) is 0.690. The molecule has 0 aliphatic carbocycles. The van der Waals surface area contributed by atoms with E-state index < -0.39 is 0 Å². The van der Waals surface area contributed by atoms with Crippen molar-refractivity contribution in [2.24, 2.45) is 5.92 Å². The third-order valence-electron chi connectivity index (χ3n) is 3.75. The third kappa shape index (κ3) is 6.72. The second-order valence-corrected chi connectivity index (χ2v) is 5.56. The van der Waals surface area contributed by atoms with Crippen molar-refractivity contribution in [1.29, 1.82) is 0 Å². The van der Waals surface area contributed by atoms with E-state index in [0.717, 1.165) is 18.9 Å². The Hall–Kier alpha value is -0.890. The lowest BCUT2D eigenvalue weighted by Gasteiger charge is -2.19. The summed E-state index contributed by atoms with van der Waals surface area (Å²) >= 11 is 0. The summed E-state index contributed by atoms with van der Waals surface area (Å²) in [6.45, 7) is 7.82. The Morgan fingerprint density at radius 1 is 1.16 bits per heavy atom. The van der Waals surface area contributed by atoms with Crippen LogP contribution in [0, 0.1) is 11.7 Å². The highest BCUT2D eigenvalue weighted by molar-refractivity contribution is 5.16. The predicted octanol–water partition coefficient (Wildman–Crippen LogP) is 4.56. The largest absolute Gasteiger partial charge is 0.314 e. The lowest BCUT2D eigenvalue weighted by atomic mass is 9.98. The monoisotopic (exact) mass is 265 g/mol. The van der Waals surface area contributed by atoms with Gasteiger partial charge in [0.25, 0.3) is 0 Å². The summed E-state index contributed by atoms with van der Waals surface area (Å²) in [5, 5.41) is 3.61. The van der Waals surface area contributed by atoms with Crippen LogP contribution in [0.2, 0.25) is 0 Å². The van der Waals surface area contributed by atoms with Crippen molar-refractivity contribution in [3.8, 4) is 0 Å². The smallest absolute Gasteiger partial charge is 0.123 e. The van der Waals surface area contributed by atoms with Gasteiger partial charge in [-0.1, -0.05) is 45.2 Å². The van der Waals surface area contributed by atoms with Gasteiger partial charge in [-0.25, -0.2) is 4.39 Å². The van der Waals surface area contributed by atoms with Crippen LogP contribution in [0.3, 0.4) is 0 Å². The van der Waals surface area contributed by atoms with Crippen LogP contribution < -0.4 is 5.32 Å². The molecule has 0 spiro atoms. The molecular formula is C17H28FN. The fraction of sp³-hybridized carbons (Fsp3) is 0.647. The first-order valence-corrected chi connectivity index (χ1v) is 7.63. The standard InChI is InChI=1S/C17H28FN/c1-4-6-7-15(5-2)13-19-14(3)12-16-8-10-17(18)11-9-16/h8-11,14-15,19H,4-7,12-13H2,1-3H3. The number of nitrogens with one attached hydrogen (secondary N) is 1. The van der Waals surface area contributed by atoms with E-state index in [0.29, 0.717) is 6.04 Å². The van der Waals surface area contributed by atoms with Crippen molar-refractivity contribution in [3.05, 3.63) is 35.6 Å². The zero-order valence-electron chi connectivity index (χ0n) is 12.6. The highest BCUT2D eigenvalue weighted by atomic mass is 19.1. The summed E-state index contributed by atoms with van der Waals surface area (Å²) in [7, 11) is 0. The molecule has 2 atom stereocenters. The molecule has 1 aromatic rings. The molecule has 1 N–H and O–H groups in total. The van der Waals surface area contributed by atoms with Crippen molar-refractivity contribution >= 4 is 0 Å². The molecule has 0 aliphatic heterocycles. The molecule has 0 saturated carbocycles. The number of unbranched alkanes of at least 4 members (excludes halogenated alkanes) is 1. The zero-order chi connectivity index (χ0) is 14.1. The maximum absolute atomic E-state index is 12.8. The van der Waals surface area contributed by atoms with E-state index in [1.54, 1.807) is 0 Å². The number of halogens is 1. The minimum atomic E-state index is -0.157. The average molecular weight is 265 g/mol. The first kappa shape index (κ1) is 16.2. The van der Waals surface area contributed by atoms with Gasteiger partial charge >= 0.3 is 0 Å². The van der Waals surface area contributed by atoms with Crippen LogP contribution in [-0.4, -0.2) is 12.6 Å². The number of hydrogen-bond donors (Lipinski definition) is 1. The van der Waals surface area contributed by atoms with Crippen molar-refractivity contribution in [2.45, 2.75) is 58.9 Å².